The largest absolute Gasteiger partial charge is 0.414 e. The Balaban J connectivity index is 1.65. The molecule has 0 spiro atoms. The van der Waals surface area contributed by atoms with Crippen LogP contribution in [0.15, 0.2) is 54.6 Å². The number of aromatic nitrogens is 2. The highest BCUT2D eigenvalue weighted by molar-refractivity contribution is 5.97. The summed E-state index contributed by atoms with van der Waals surface area (Å²) < 4.78 is 59.2. The van der Waals surface area contributed by atoms with Crippen molar-refractivity contribution in [2.75, 3.05) is 5.32 Å². The zero-order valence-corrected chi connectivity index (χ0v) is 18.8. The third-order valence-corrected chi connectivity index (χ3v) is 5.79. The molecule has 0 radical (unpaired) electrons. The number of hydrogen-bond donors (Lipinski definition) is 1. The van der Waals surface area contributed by atoms with Crippen LogP contribution in [0.5, 0.6) is 0 Å². The van der Waals surface area contributed by atoms with Crippen LogP contribution in [0.1, 0.15) is 31.7 Å². The van der Waals surface area contributed by atoms with Crippen molar-refractivity contribution in [2.24, 2.45) is 5.92 Å². The summed E-state index contributed by atoms with van der Waals surface area (Å²) in [5.74, 6) is -1.16. The number of carbonyl (C=O) groups excluding carboxylic acids is 2. The van der Waals surface area contributed by atoms with Gasteiger partial charge in [0.05, 0.1) is 18.0 Å². The SMILES string of the molecule is C[C@@H](OCc1cc(F)cc(-c2cc(NC(=O)[C@@H]3CCC(=O)C3)nn2-c2ccccc2)c1)C(F)(F)F. The number of nitrogens with zero attached hydrogens (tertiary/aromatic N) is 2. The van der Waals surface area contributed by atoms with Crippen LogP contribution in [0.2, 0.25) is 0 Å². The zero-order chi connectivity index (χ0) is 25.2. The Morgan fingerprint density at radius 1 is 1.20 bits per heavy atom. The van der Waals surface area contributed by atoms with Gasteiger partial charge in [-0.15, -0.1) is 5.10 Å². The average molecular weight is 489 g/mol. The van der Waals surface area contributed by atoms with Crippen molar-refractivity contribution in [3.8, 4) is 16.9 Å². The Kier molecular flexibility index (Phi) is 7.02. The standard InChI is InChI=1S/C25H23F4N3O3/c1-15(25(27,28)29)35-14-16-9-18(11-19(26)10-16)22-13-23(30-24(34)17-7-8-21(33)12-17)31-32(22)20-5-3-2-4-6-20/h2-6,9-11,13,15,17H,7-8,12,14H2,1H3,(H,30,31,34)/t15-,17-/m1/s1. The Hall–Kier alpha value is -3.53. The molecule has 4 rings (SSSR count). The first-order chi connectivity index (χ1) is 16.6. The maximum Gasteiger partial charge on any atom is 0.414 e. The highest BCUT2D eigenvalue weighted by atomic mass is 19.4. The molecule has 6 nitrogen and oxygen atoms in total. The van der Waals surface area contributed by atoms with E-state index in [1.165, 1.54) is 16.8 Å². The normalized spacial score (nSPS) is 16.9. The summed E-state index contributed by atoms with van der Waals surface area (Å²) in [6, 6.07) is 14.3. The molecular formula is C25H23F4N3O3. The number of rotatable bonds is 7. The molecule has 3 aromatic rings. The van der Waals surface area contributed by atoms with Gasteiger partial charge in [0.1, 0.15) is 11.6 Å². The van der Waals surface area contributed by atoms with Crippen molar-refractivity contribution in [3.05, 3.63) is 66.0 Å². The summed E-state index contributed by atoms with van der Waals surface area (Å²) in [6.45, 7) is 0.446. The van der Waals surface area contributed by atoms with Crippen LogP contribution in [-0.2, 0) is 20.9 Å². The summed E-state index contributed by atoms with van der Waals surface area (Å²) in [5, 5.41) is 7.17. The number of para-hydroxylation sites is 1. The first-order valence-corrected chi connectivity index (χ1v) is 11.1. The van der Waals surface area contributed by atoms with Crippen LogP contribution in [-0.4, -0.2) is 33.8 Å². The molecule has 1 aliphatic rings. The fraction of sp³-hybridized carbons (Fsp3) is 0.320. The van der Waals surface area contributed by atoms with Crippen molar-refractivity contribution in [3.63, 3.8) is 0 Å². The highest BCUT2D eigenvalue weighted by Gasteiger charge is 2.37. The number of ether oxygens (including phenoxy) is 1. The Bertz CT molecular complexity index is 1220. The molecule has 10 heteroatoms. The van der Waals surface area contributed by atoms with Gasteiger partial charge in [0.15, 0.2) is 11.9 Å². The van der Waals surface area contributed by atoms with E-state index in [1.54, 1.807) is 30.3 Å². The molecule has 1 amide bonds. The molecule has 2 aromatic carbocycles. The van der Waals surface area contributed by atoms with Gasteiger partial charge in [0.25, 0.3) is 0 Å². The number of Topliss-reactive ketones (excluding diaryl/α,β-unsaturated/α-hetero) is 1. The fourth-order valence-electron chi connectivity index (χ4n) is 3.88. The maximum atomic E-state index is 14.5. The van der Waals surface area contributed by atoms with Gasteiger partial charge in [0, 0.05) is 30.4 Å². The first-order valence-electron chi connectivity index (χ1n) is 11.1. The van der Waals surface area contributed by atoms with Crippen molar-refractivity contribution in [1.29, 1.82) is 0 Å². The second-order valence-electron chi connectivity index (χ2n) is 8.47. The number of alkyl halides is 3. The maximum absolute atomic E-state index is 14.5. The third kappa shape index (κ3) is 5.94. The van der Waals surface area contributed by atoms with Crippen LogP contribution >= 0.6 is 0 Å². The van der Waals surface area contributed by atoms with Gasteiger partial charge in [0.2, 0.25) is 5.91 Å². The van der Waals surface area contributed by atoms with Crippen LogP contribution in [0.25, 0.3) is 16.9 Å². The van der Waals surface area contributed by atoms with E-state index in [-0.39, 0.29) is 29.5 Å². The lowest BCUT2D eigenvalue weighted by molar-refractivity contribution is -0.217. The monoisotopic (exact) mass is 489 g/mol. The predicted molar refractivity (Wildman–Crippen MR) is 120 cm³/mol. The van der Waals surface area contributed by atoms with Crippen LogP contribution < -0.4 is 5.32 Å². The third-order valence-electron chi connectivity index (χ3n) is 5.79. The van der Waals surface area contributed by atoms with E-state index in [2.05, 4.69) is 10.4 Å². The smallest absolute Gasteiger partial charge is 0.364 e. The second-order valence-corrected chi connectivity index (χ2v) is 8.47. The van der Waals surface area contributed by atoms with Gasteiger partial charge in [-0.2, -0.15) is 13.2 Å². The number of halogens is 4. The molecule has 184 valence electrons. The van der Waals surface area contributed by atoms with E-state index in [0.29, 0.717) is 29.8 Å². The molecule has 0 unspecified atom stereocenters. The van der Waals surface area contributed by atoms with Gasteiger partial charge in [-0.1, -0.05) is 18.2 Å². The lowest BCUT2D eigenvalue weighted by Crippen LogP contribution is -2.28. The quantitative estimate of drug-likeness (QED) is 0.448. The Labute approximate surface area is 198 Å². The predicted octanol–water partition coefficient (Wildman–Crippen LogP) is 5.45. The van der Waals surface area contributed by atoms with E-state index in [4.69, 9.17) is 4.74 Å². The van der Waals surface area contributed by atoms with Crippen LogP contribution in [0.3, 0.4) is 0 Å². The summed E-state index contributed by atoms with van der Waals surface area (Å²) in [7, 11) is 0. The van der Waals surface area contributed by atoms with Crippen LogP contribution in [0, 0.1) is 11.7 Å². The summed E-state index contributed by atoms with van der Waals surface area (Å²) >= 11 is 0. The molecule has 1 N–H and O–H groups in total. The Morgan fingerprint density at radius 3 is 2.60 bits per heavy atom. The van der Waals surface area contributed by atoms with Gasteiger partial charge in [-0.05, 0) is 49.2 Å². The number of carbonyl (C=O) groups is 2. The summed E-state index contributed by atoms with van der Waals surface area (Å²) in [5.41, 5.74) is 1.61. The number of amides is 1. The minimum atomic E-state index is -4.53. The molecule has 0 saturated heterocycles. The number of anilines is 1. The molecule has 1 fully saturated rings. The van der Waals surface area contributed by atoms with E-state index in [0.717, 1.165) is 13.0 Å². The molecular weight excluding hydrogens is 466 g/mol. The molecule has 1 aromatic heterocycles. The molecule has 0 bridgehead atoms. The molecule has 0 aliphatic heterocycles. The highest BCUT2D eigenvalue weighted by Crippen LogP contribution is 2.30. The van der Waals surface area contributed by atoms with E-state index in [1.807, 2.05) is 6.07 Å². The Morgan fingerprint density at radius 2 is 1.94 bits per heavy atom. The average Bonchev–Trinajstić information content (AvgIpc) is 3.43. The second kappa shape index (κ2) is 9.99. The van der Waals surface area contributed by atoms with Gasteiger partial charge in [-0.25, -0.2) is 9.07 Å². The molecule has 35 heavy (non-hydrogen) atoms. The van der Waals surface area contributed by atoms with Crippen molar-refractivity contribution < 1.29 is 31.9 Å². The lowest BCUT2D eigenvalue weighted by Gasteiger charge is -2.16. The first kappa shape index (κ1) is 24.6. The number of hydrogen-bond acceptors (Lipinski definition) is 4. The van der Waals surface area contributed by atoms with Crippen molar-refractivity contribution in [1.82, 2.24) is 9.78 Å². The lowest BCUT2D eigenvalue weighted by atomic mass is 10.1. The van der Waals surface area contributed by atoms with Crippen molar-refractivity contribution >= 4 is 17.5 Å². The summed E-state index contributed by atoms with van der Waals surface area (Å²) in [6.07, 6.45) is -5.52. The minimum absolute atomic E-state index is 0.0370. The van der Waals surface area contributed by atoms with Crippen LogP contribution in [0.4, 0.5) is 23.4 Å². The summed E-state index contributed by atoms with van der Waals surface area (Å²) in [4.78, 5) is 24.2. The van der Waals surface area contributed by atoms with E-state index >= 15 is 0 Å². The molecule has 2 atom stereocenters. The minimum Gasteiger partial charge on any atom is -0.364 e. The van der Waals surface area contributed by atoms with Gasteiger partial charge in [-0.3, -0.25) is 9.59 Å². The van der Waals surface area contributed by atoms with Gasteiger partial charge < -0.3 is 10.1 Å². The number of benzene rings is 2. The van der Waals surface area contributed by atoms with E-state index in [9.17, 15) is 27.2 Å². The zero-order valence-electron chi connectivity index (χ0n) is 18.8. The fourth-order valence-corrected chi connectivity index (χ4v) is 3.88. The number of nitrogens with one attached hydrogen (secondary N) is 1. The van der Waals surface area contributed by atoms with E-state index < -0.39 is 30.6 Å². The van der Waals surface area contributed by atoms with Crippen molar-refractivity contribution in [2.45, 2.75) is 45.1 Å². The molecule has 1 saturated carbocycles. The molecule has 1 aliphatic carbocycles. The van der Waals surface area contributed by atoms with Gasteiger partial charge >= 0.3 is 6.18 Å². The molecule has 1 heterocycles. The topological polar surface area (TPSA) is 73.2 Å². The number of ketones is 1.